The van der Waals surface area contributed by atoms with E-state index in [-0.39, 0.29) is 10.7 Å². The van der Waals surface area contributed by atoms with E-state index in [1.165, 1.54) is 12.1 Å². The van der Waals surface area contributed by atoms with Crippen molar-refractivity contribution in [3.8, 4) is 0 Å². The van der Waals surface area contributed by atoms with Crippen LogP contribution in [0.25, 0.3) is 0 Å². The number of nitrogens with one attached hydrogen (secondary N) is 2. The number of hydrogen-bond donors (Lipinski definition) is 3. The summed E-state index contributed by atoms with van der Waals surface area (Å²) in [5, 5.41) is 14.1. The minimum Gasteiger partial charge on any atom is -0.319 e. The number of aromatic amines is 1. The van der Waals surface area contributed by atoms with E-state index in [4.69, 9.17) is 5.14 Å². The molecule has 0 aliphatic heterocycles. The molecule has 0 aliphatic carbocycles. The summed E-state index contributed by atoms with van der Waals surface area (Å²) < 4.78 is 22.7. The highest BCUT2D eigenvalue weighted by Crippen LogP contribution is 2.19. The lowest BCUT2D eigenvalue weighted by atomic mass is 10.2. The highest BCUT2D eigenvalue weighted by molar-refractivity contribution is 7.89. The fourth-order valence-corrected chi connectivity index (χ4v) is 2.19. The second-order valence-corrected chi connectivity index (χ2v) is 6.00. The summed E-state index contributed by atoms with van der Waals surface area (Å²) in [6.07, 6.45) is 0.625. The number of H-pyrrole nitrogens is 1. The molecule has 0 spiro atoms. The van der Waals surface area contributed by atoms with E-state index in [1.54, 1.807) is 13.0 Å². The van der Waals surface area contributed by atoms with Crippen molar-refractivity contribution in [2.24, 2.45) is 5.14 Å². The number of anilines is 1. The summed E-state index contributed by atoms with van der Waals surface area (Å²) >= 11 is 0. The number of benzene rings is 1. The summed E-state index contributed by atoms with van der Waals surface area (Å²) in [7, 11) is -3.83. The highest BCUT2D eigenvalue weighted by atomic mass is 32.2. The van der Waals surface area contributed by atoms with Gasteiger partial charge in [0, 0.05) is 12.1 Å². The first-order chi connectivity index (χ1) is 9.81. The van der Waals surface area contributed by atoms with Gasteiger partial charge in [-0.25, -0.2) is 18.5 Å². The van der Waals surface area contributed by atoms with E-state index in [1.807, 2.05) is 6.92 Å². The molecule has 1 aromatic heterocycles. The van der Waals surface area contributed by atoms with Crippen LogP contribution in [0, 0.1) is 6.92 Å². The second kappa shape index (κ2) is 5.62. The maximum absolute atomic E-state index is 12.0. The Hall–Kier alpha value is -2.26. The number of primary sulfonamides is 1. The predicted octanol–water partition coefficient (Wildman–Crippen LogP) is 0.575. The van der Waals surface area contributed by atoms with Gasteiger partial charge in [-0.15, -0.1) is 5.10 Å². The number of carbonyl (C=O) groups is 1. The van der Waals surface area contributed by atoms with Crippen LogP contribution < -0.4 is 10.5 Å². The molecule has 4 N–H and O–H groups in total. The Morgan fingerprint density at radius 2 is 2.14 bits per heavy atom. The van der Waals surface area contributed by atoms with E-state index >= 15 is 0 Å². The van der Waals surface area contributed by atoms with Gasteiger partial charge in [-0.05, 0) is 24.6 Å². The lowest BCUT2D eigenvalue weighted by molar-refractivity contribution is 0.101. The zero-order valence-electron chi connectivity index (χ0n) is 11.5. The van der Waals surface area contributed by atoms with Gasteiger partial charge in [-0.3, -0.25) is 9.89 Å². The van der Waals surface area contributed by atoms with E-state index in [0.717, 1.165) is 0 Å². The van der Waals surface area contributed by atoms with E-state index in [9.17, 15) is 13.2 Å². The number of sulfonamides is 1. The Morgan fingerprint density at radius 1 is 1.43 bits per heavy atom. The fourth-order valence-electron chi connectivity index (χ4n) is 1.65. The molecule has 9 heteroatoms. The molecule has 112 valence electrons. The number of nitrogens with zero attached hydrogens (tertiary/aromatic N) is 2. The summed E-state index contributed by atoms with van der Waals surface area (Å²) in [4.78, 5) is 15.9. The number of carbonyl (C=O) groups excluding carboxylic acids is 1. The average Bonchev–Trinajstić information content (AvgIpc) is 2.88. The predicted molar refractivity (Wildman–Crippen MR) is 76.3 cm³/mol. The number of nitrogens with two attached hydrogens (primary N) is 1. The van der Waals surface area contributed by atoms with Gasteiger partial charge in [0.25, 0.3) is 5.91 Å². The molecule has 0 fully saturated rings. The Labute approximate surface area is 121 Å². The van der Waals surface area contributed by atoms with Crippen molar-refractivity contribution in [3.05, 3.63) is 35.4 Å². The zero-order chi connectivity index (χ0) is 15.6. The Bertz CT molecular complexity index is 782. The molecule has 0 bridgehead atoms. The minimum absolute atomic E-state index is 0.00717. The van der Waals surface area contributed by atoms with Crippen LogP contribution in [0.5, 0.6) is 0 Å². The maximum atomic E-state index is 12.0. The van der Waals surface area contributed by atoms with Gasteiger partial charge in [0.05, 0.1) is 4.90 Å². The van der Waals surface area contributed by atoms with Crippen molar-refractivity contribution < 1.29 is 13.2 Å². The average molecular weight is 309 g/mol. The van der Waals surface area contributed by atoms with Gasteiger partial charge < -0.3 is 5.32 Å². The molecule has 0 aliphatic rings. The third-order valence-corrected chi connectivity index (χ3v) is 3.77. The van der Waals surface area contributed by atoms with E-state index in [0.29, 0.717) is 23.5 Å². The van der Waals surface area contributed by atoms with Crippen molar-refractivity contribution in [2.45, 2.75) is 25.2 Å². The molecule has 0 saturated heterocycles. The SMILES string of the molecule is CCc1nc(C(=O)Nc2cc(S(N)(=O)=O)ccc2C)n[nH]1. The van der Waals surface area contributed by atoms with Crippen LogP contribution in [0.3, 0.4) is 0 Å². The summed E-state index contributed by atoms with van der Waals surface area (Å²) in [5.41, 5.74) is 1.04. The lowest BCUT2D eigenvalue weighted by Crippen LogP contribution is -2.16. The van der Waals surface area contributed by atoms with E-state index in [2.05, 4.69) is 20.5 Å². The number of rotatable bonds is 4. The number of amides is 1. The minimum atomic E-state index is -3.83. The number of aryl methyl sites for hydroxylation is 2. The largest absolute Gasteiger partial charge is 0.319 e. The van der Waals surface area contributed by atoms with Gasteiger partial charge >= 0.3 is 0 Å². The summed E-state index contributed by atoms with van der Waals surface area (Å²) in [5.74, 6) is 0.0584. The smallest absolute Gasteiger partial charge is 0.295 e. The van der Waals surface area contributed by atoms with Crippen LogP contribution in [0.4, 0.5) is 5.69 Å². The third kappa shape index (κ3) is 3.44. The number of hydrogen-bond acceptors (Lipinski definition) is 5. The lowest BCUT2D eigenvalue weighted by Gasteiger charge is -2.08. The van der Waals surface area contributed by atoms with Crippen molar-refractivity contribution >= 4 is 21.6 Å². The van der Waals surface area contributed by atoms with Crippen molar-refractivity contribution in [1.29, 1.82) is 0 Å². The monoisotopic (exact) mass is 309 g/mol. The van der Waals surface area contributed by atoms with Gasteiger partial charge in [0.15, 0.2) is 0 Å². The Kier molecular flexibility index (Phi) is 4.05. The Morgan fingerprint density at radius 3 is 2.71 bits per heavy atom. The maximum Gasteiger partial charge on any atom is 0.295 e. The molecule has 8 nitrogen and oxygen atoms in total. The second-order valence-electron chi connectivity index (χ2n) is 4.44. The van der Waals surface area contributed by atoms with E-state index < -0.39 is 15.9 Å². The fraction of sp³-hybridized carbons (Fsp3) is 0.250. The Balaban J connectivity index is 2.28. The number of aromatic nitrogens is 3. The first-order valence-electron chi connectivity index (χ1n) is 6.17. The van der Waals surface area contributed by atoms with Gasteiger partial charge in [0.1, 0.15) is 5.82 Å². The molecule has 1 heterocycles. The molecular weight excluding hydrogens is 294 g/mol. The molecule has 1 aromatic carbocycles. The highest BCUT2D eigenvalue weighted by Gasteiger charge is 2.15. The molecular formula is C12H15N5O3S. The standard InChI is InChI=1S/C12H15N5O3S/c1-3-10-15-11(17-16-10)12(18)14-9-6-8(21(13,19)20)5-4-7(9)2/h4-6H,3H2,1-2H3,(H,14,18)(H2,13,19,20)(H,15,16,17). The topological polar surface area (TPSA) is 131 Å². The molecule has 1 amide bonds. The first kappa shape index (κ1) is 15.1. The summed E-state index contributed by atoms with van der Waals surface area (Å²) in [6.45, 7) is 3.61. The van der Waals surface area contributed by atoms with Gasteiger partial charge in [0.2, 0.25) is 15.8 Å². The van der Waals surface area contributed by atoms with Crippen molar-refractivity contribution in [3.63, 3.8) is 0 Å². The van der Waals surface area contributed by atoms with Crippen molar-refractivity contribution in [1.82, 2.24) is 15.2 Å². The third-order valence-electron chi connectivity index (χ3n) is 2.86. The van der Waals surface area contributed by atoms with Crippen LogP contribution in [0.1, 0.15) is 28.9 Å². The normalized spacial score (nSPS) is 11.4. The van der Waals surface area contributed by atoms with Crippen LogP contribution in [0.15, 0.2) is 23.1 Å². The van der Waals surface area contributed by atoms with Gasteiger partial charge in [-0.2, -0.15) is 0 Å². The summed E-state index contributed by atoms with van der Waals surface area (Å²) in [6, 6.07) is 4.24. The quantitative estimate of drug-likeness (QED) is 0.760. The zero-order valence-corrected chi connectivity index (χ0v) is 12.4. The first-order valence-corrected chi connectivity index (χ1v) is 7.72. The van der Waals surface area contributed by atoms with Crippen LogP contribution >= 0.6 is 0 Å². The molecule has 0 unspecified atom stereocenters. The molecule has 2 aromatic rings. The molecule has 2 rings (SSSR count). The van der Waals surface area contributed by atoms with Crippen molar-refractivity contribution in [2.75, 3.05) is 5.32 Å². The molecule has 0 atom stereocenters. The van der Waals surface area contributed by atoms with Crippen LogP contribution in [-0.4, -0.2) is 29.5 Å². The molecule has 0 radical (unpaired) electrons. The molecule has 21 heavy (non-hydrogen) atoms. The van der Waals surface area contributed by atoms with Gasteiger partial charge in [-0.1, -0.05) is 13.0 Å². The van der Waals surface area contributed by atoms with Crippen LogP contribution in [-0.2, 0) is 16.4 Å². The van der Waals surface area contributed by atoms with Crippen LogP contribution in [0.2, 0.25) is 0 Å². The molecule has 0 saturated carbocycles.